The number of thioether (sulfide) groups is 1. The molecule has 3 aliphatic carbocycles. The van der Waals surface area contributed by atoms with Gasteiger partial charge in [-0.1, -0.05) is 30.5 Å². The second kappa shape index (κ2) is 11.7. The van der Waals surface area contributed by atoms with Crippen molar-refractivity contribution in [2.24, 2.45) is 17.3 Å². The fourth-order valence-corrected chi connectivity index (χ4v) is 7.92. The minimum Gasteiger partial charge on any atom is -0.477 e. The van der Waals surface area contributed by atoms with E-state index in [9.17, 15) is 14.7 Å². The van der Waals surface area contributed by atoms with Gasteiger partial charge in [0.25, 0.3) is 0 Å². The molecule has 0 aliphatic heterocycles. The first-order valence-corrected chi connectivity index (χ1v) is 16.2. The number of amides is 1. The molecule has 0 aromatic carbocycles. The van der Waals surface area contributed by atoms with Gasteiger partial charge in [-0.2, -0.15) is 0 Å². The summed E-state index contributed by atoms with van der Waals surface area (Å²) in [5.41, 5.74) is 0.362. The third-order valence-corrected chi connectivity index (χ3v) is 10.5. The largest absolute Gasteiger partial charge is 0.477 e. The molecule has 3 saturated carbocycles. The van der Waals surface area contributed by atoms with Gasteiger partial charge in [0.1, 0.15) is 4.88 Å². The fraction of sp³-hybridized carbons (Fsp3) is 0.645. The van der Waals surface area contributed by atoms with Crippen molar-refractivity contribution in [1.29, 1.82) is 0 Å². The van der Waals surface area contributed by atoms with Crippen molar-refractivity contribution in [3.63, 3.8) is 0 Å². The molecule has 2 aromatic heterocycles. The third kappa shape index (κ3) is 6.92. The van der Waals surface area contributed by atoms with Crippen LogP contribution in [0.25, 0.3) is 0 Å². The molecular formula is C31H41N3O3S2. The molecule has 39 heavy (non-hydrogen) atoms. The molecule has 0 radical (unpaired) electrons. The van der Waals surface area contributed by atoms with E-state index in [0.717, 1.165) is 56.5 Å². The highest BCUT2D eigenvalue weighted by atomic mass is 32.2. The number of carbonyl (C=O) groups is 2. The molecule has 5 rings (SSSR count). The number of hydrogen-bond donors (Lipinski definition) is 1. The lowest BCUT2D eigenvalue weighted by atomic mass is 9.81. The summed E-state index contributed by atoms with van der Waals surface area (Å²) in [6, 6.07) is 2.48. The minimum atomic E-state index is -0.981. The van der Waals surface area contributed by atoms with Crippen molar-refractivity contribution >= 4 is 40.7 Å². The number of carboxylic acids is 1. The van der Waals surface area contributed by atoms with Gasteiger partial charge in [-0.25, -0.2) is 9.78 Å². The smallest absolute Gasteiger partial charge is 0.348 e. The van der Waals surface area contributed by atoms with Crippen LogP contribution in [0.5, 0.6) is 0 Å². The number of imidazole rings is 1. The number of rotatable bonds is 7. The number of aromatic carboxylic acids is 1. The van der Waals surface area contributed by atoms with E-state index in [2.05, 4.69) is 34.5 Å². The van der Waals surface area contributed by atoms with Crippen LogP contribution in [0.4, 0.5) is 5.69 Å². The Hall–Kier alpha value is -2.24. The average molecular weight is 568 g/mol. The molecule has 3 aliphatic rings. The maximum Gasteiger partial charge on any atom is 0.348 e. The van der Waals surface area contributed by atoms with Gasteiger partial charge in [0.2, 0.25) is 5.91 Å². The Bertz CT molecular complexity index is 1240. The van der Waals surface area contributed by atoms with Crippen molar-refractivity contribution in [2.45, 2.75) is 114 Å². The second-order valence-corrected chi connectivity index (χ2v) is 15.0. The Morgan fingerprint density at radius 2 is 1.77 bits per heavy atom. The summed E-state index contributed by atoms with van der Waals surface area (Å²) >= 11 is 3.07. The molecule has 2 heterocycles. The molecule has 6 nitrogen and oxygen atoms in total. The molecule has 8 heteroatoms. The first-order valence-electron chi connectivity index (χ1n) is 14.5. The quantitative estimate of drug-likeness (QED) is 0.348. The van der Waals surface area contributed by atoms with Gasteiger partial charge in [0, 0.05) is 41.1 Å². The highest BCUT2D eigenvalue weighted by molar-refractivity contribution is 7.99. The van der Waals surface area contributed by atoms with Gasteiger partial charge in [0.05, 0.1) is 10.6 Å². The molecule has 0 saturated heterocycles. The van der Waals surface area contributed by atoms with E-state index in [1.54, 1.807) is 0 Å². The van der Waals surface area contributed by atoms with Gasteiger partial charge in [0.15, 0.2) is 5.16 Å². The zero-order valence-electron chi connectivity index (χ0n) is 23.6. The van der Waals surface area contributed by atoms with Crippen LogP contribution in [0.1, 0.15) is 112 Å². The summed E-state index contributed by atoms with van der Waals surface area (Å²) in [6.45, 7) is 8.38. The lowest BCUT2D eigenvalue weighted by Gasteiger charge is -2.39. The van der Waals surface area contributed by atoms with Gasteiger partial charge in [-0.15, -0.1) is 11.3 Å². The highest BCUT2D eigenvalue weighted by Gasteiger charge is 2.38. The Labute approximate surface area is 241 Å². The number of carbonyl (C=O) groups excluding carboxylic acids is 1. The van der Waals surface area contributed by atoms with E-state index in [1.165, 1.54) is 24.2 Å². The minimum absolute atomic E-state index is 0.00741. The number of carboxylic acid groups (broad SMARTS) is 1. The van der Waals surface area contributed by atoms with E-state index in [0.29, 0.717) is 27.8 Å². The standard InChI is InChI=1S/C31H41N3O3S2/c1-20-5-7-21(8-6-20)28(35)34(26-19-25(15-16-31(2,3)4)38-27(26)29(36)37)23-11-13-24(14-12-23)39-30-32-17-18-33(30)22-9-10-22/h17-24H,5-14H2,1-4H3,(H,36,37)/t20-,21-,23-,24-. The third-order valence-electron chi connectivity index (χ3n) is 8.18. The first kappa shape index (κ1) is 28.3. The van der Waals surface area contributed by atoms with Gasteiger partial charge in [-0.3, -0.25) is 4.79 Å². The molecule has 210 valence electrons. The lowest BCUT2D eigenvalue weighted by molar-refractivity contribution is -0.124. The van der Waals surface area contributed by atoms with Crippen LogP contribution in [-0.4, -0.2) is 37.8 Å². The van der Waals surface area contributed by atoms with Gasteiger partial charge >= 0.3 is 5.97 Å². The molecular weight excluding hydrogens is 526 g/mol. The molecule has 1 amide bonds. The predicted octanol–water partition coefficient (Wildman–Crippen LogP) is 7.64. The molecule has 0 atom stereocenters. The normalized spacial score (nSPS) is 25.5. The summed E-state index contributed by atoms with van der Waals surface area (Å²) in [5, 5.41) is 11.7. The number of aromatic nitrogens is 2. The van der Waals surface area contributed by atoms with Crippen LogP contribution in [0.3, 0.4) is 0 Å². The number of nitrogens with zero attached hydrogens (tertiary/aromatic N) is 3. The summed E-state index contributed by atoms with van der Waals surface area (Å²) in [5.74, 6) is 6.16. The van der Waals surface area contributed by atoms with Crippen LogP contribution in [0.15, 0.2) is 23.6 Å². The van der Waals surface area contributed by atoms with Gasteiger partial charge < -0.3 is 14.6 Å². The first-order chi connectivity index (χ1) is 18.6. The maximum absolute atomic E-state index is 14.2. The van der Waals surface area contributed by atoms with Crippen LogP contribution in [-0.2, 0) is 4.79 Å². The molecule has 3 fully saturated rings. The molecule has 0 bridgehead atoms. The zero-order valence-corrected chi connectivity index (χ0v) is 25.2. The summed E-state index contributed by atoms with van der Waals surface area (Å²) in [7, 11) is 0. The summed E-state index contributed by atoms with van der Waals surface area (Å²) < 4.78 is 2.32. The fourth-order valence-electron chi connectivity index (χ4n) is 5.81. The van der Waals surface area contributed by atoms with E-state index in [-0.39, 0.29) is 28.2 Å². The van der Waals surface area contributed by atoms with E-state index >= 15 is 0 Å². The van der Waals surface area contributed by atoms with E-state index < -0.39 is 5.97 Å². The molecule has 1 N–H and O–H groups in total. The zero-order chi connectivity index (χ0) is 27.7. The molecule has 0 spiro atoms. The van der Waals surface area contributed by atoms with Crippen molar-refractivity contribution in [3.8, 4) is 11.8 Å². The maximum atomic E-state index is 14.2. The van der Waals surface area contributed by atoms with Crippen molar-refractivity contribution in [1.82, 2.24) is 9.55 Å². The summed E-state index contributed by atoms with van der Waals surface area (Å²) in [4.78, 5) is 34.0. The number of hydrogen-bond acceptors (Lipinski definition) is 5. The second-order valence-electron chi connectivity index (χ2n) is 12.7. The lowest BCUT2D eigenvalue weighted by Crippen LogP contribution is -2.46. The average Bonchev–Trinajstić information content (AvgIpc) is 3.48. The van der Waals surface area contributed by atoms with Crippen LogP contribution in [0.2, 0.25) is 0 Å². The topological polar surface area (TPSA) is 75.4 Å². The van der Waals surface area contributed by atoms with Crippen molar-refractivity contribution in [2.75, 3.05) is 4.90 Å². The molecule has 0 unspecified atom stereocenters. The predicted molar refractivity (Wildman–Crippen MR) is 159 cm³/mol. The van der Waals surface area contributed by atoms with Crippen LogP contribution >= 0.6 is 23.1 Å². The van der Waals surface area contributed by atoms with Crippen molar-refractivity contribution < 1.29 is 14.7 Å². The van der Waals surface area contributed by atoms with E-state index in [4.69, 9.17) is 0 Å². The van der Waals surface area contributed by atoms with Crippen LogP contribution < -0.4 is 4.90 Å². The van der Waals surface area contributed by atoms with Crippen LogP contribution in [0, 0.1) is 29.1 Å². The Kier molecular flexibility index (Phi) is 8.49. The highest BCUT2D eigenvalue weighted by Crippen LogP contribution is 2.43. The Balaban J connectivity index is 1.39. The molecule has 2 aromatic rings. The monoisotopic (exact) mass is 567 g/mol. The Morgan fingerprint density at radius 3 is 2.38 bits per heavy atom. The van der Waals surface area contributed by atoms with E-state index in [1.807, 2.05) is 49.7 Å². The van der Waals surface area contributed by atoms with Gasteiger partial charge in [-0.05, 0) is 97.0 Å². The number of anilines is 1. The number of thiophene rings is 1. The van der Waals surface area contributed by atoms with Crippen molar-refractivity contribution in [3.05, 3.63) is 28.2 Å². The SMILES string of the molecule is CC(C)(C)C#Cc1cc(N(C(=O)[C@H]2CC[C@H](C)CC2)[C@H]2CC[C@H](Sc3nccn3C3CC3)CC2)c(C(=O)O)s1. The Morgan fingerprint density at radius 1 is 1.08 bits per heavy atom. The summed E-state index contributed by atoms with van der Waals surface area (Å²) in [6.07, 6.45) is 14.1.